The van der Waals surface area contributed by atoms with Gasteiger partial charge in [-0.25, -0.2) is 0 Å². The number of Topliss-reactive ketones (excluding diaryl/α,β-unsaturated/α-hetero) is 1. The van der Waals surface area contributed by atoms with Crippen LogP contribution in [-0.4, -0.2) is 42.6 Å². The molecule has 0 bridgehead atoms. The van der Waals surface area contributed by atoms with E-state index in [1.807, 2.05) is 54.8 Å². The summed E-state index contributed by atoms with van der Waals surface area (Å²) in [5.74, 6) is 2.44. The Kier molecular flexibility index (Phi) is 5.93. The van der Waals surface area contributed by atoms with Gasteiger partial charge in [0.1, 0.15) is 0 Å². The van der Waals surface area contributed by atoms with Crippen LogP contribution in [0, 0.1) is 13.8 Å². The lowest BCUT2D eigenvalue weighted by Crippen LogP contribution is -2.07. The molecule has 34 heavy (non-hydrogen) atoms. The monoisotopic (exact) mass is 473 g/mol. The molecule has 0 saturated heterocycles. The Balaban J connectivity index is 1.37. The number of fused-ring (bicyclic) bond motifs is 1. The van der Waals surface area contributed by atoms with Crippen LogP contribution in [0.25, 0.3) is 17.1 Å². The fourth-order valence-corrected chi connectivity index (χ4v) is 4.91. The van der Waals surface area contributed by atoms with Crippen molar-refractivity contribution in [2.24, 2.45) is 0 Å². The Bertz CT molecular complexity index is 1380. The van der Waals surface area contributed by atoms with Crippen LogP contribution in [0.1, 0.15) is 21.7 Å². The summed E-state index contributed by atoms with van der Waals surface area (Å²) in [7, 11) is 0. The number of hydrogen-bond acceptors (Lipinski definition) is 7. The van der Waals surface area contributed by atoms with Crippen LogP contribution in [0.3, 0.4) is 0 Å². The van der Waals surface area contributed by atoms with Crippen molar-refractivity contribution in [1.29, 1.82) is 0 Å². The lowest BCUT2D eigenvalue weighted by molar-refractivity contribution is 0.102. The van der Waals surface area contributed by atoms with Gasteiger partial charge in [0, 0.05) is 53.2 Å². The second kappa shape index (κ2) is 9.18. The minimum Gasteiger partial charge on any atom is -0.454 e. The second-order valence-electron chi connectivity index (χ2n) is 7.81. The van der Waals surface area contributed by atoms with Gasteiger partial charge in [0.05, 0.1) is 5.75 Å². The van der Waals surface area contributed by atoms with Crippen LogP contribution in [0.4, 0.5) is 0 Å². The van der Waals surface area contributed by atoms with Gasteiger partial charge in [-0.1, -0.05) is 17.8 Å². The first kappa shape index (κ1) is 22.0. The van der Waals surface area contributed by atoms with Crippen molar-refractivity contribution in [3.63, 3.8) is 0 Å². The molecule has 9 heteroatoms. The first-order valence-electron chi connectivity index (χ1n) is 10.8. The van der Waals surface area contributed by atoms with Gasteiger partial charge >= 0.3 is 0 Å². The maximum Gasteiger partial charge on any atom is 0.231 e. The molecule has 8 nitrogen and oxygen atoms in total. The van der Waals surface area contributed by atoms with Crippen molar-refractivity contribution in [3.8, 4) is 28.6 Å². The number of allylic oxidation sites excluding steroid dienone is 1. The third-order valence-electron chi connectivity index (χ3n) is 5.65. The molecule has 1 aromatic carbocycles. The molecule has 4 heterocycles. The largest absolute Gasteiger partial charge is 0.454 e. The molecule has 0 fully saturated rings. The summed E-state index contributed by atoms with van der Waals surface area (Å²) in [6.07, 6.45) is 5.22. The van der Waals surface area contributed by atoms with Crippen molar-refractivity contribution in [1.82, 2.24) is 24.3 Å². The van der Waals surface area contributed by atoms with Crippen LogP contribution in [0.15, 0.2) is 66.6 Å². The lowest BCUT2D eigenvalue weighted by atomic mass is 10.2. The highest BCUT2D eigenvalue weighted by Crippen LogP contribution is 2.35. The van der Waals surface area contributed by atoms with Crippen LogP contribution >= 0.6 is 11.8 Å². The van der Waals surface area contributed by atoms with Gasteiger partial charge in [0.2, 0.25) is 6.79 Å². The Labute approximate surface area is 201 Å². The molecule has 5 rings (SSSR count). The summed E-state index contributed by atoms with van der Waals surface area (Å²) in [4.78, 5) is 17.3. The molecule has 0 unspecified atom stereocenters. The summed E-state index contributed by atoms with van der Waals surface area (Å²) in [5.41, 5.74) is 4.38. The molecule has 1 aliphatic rings. The Hall–Kier alpha value is -3.85. The minimum absolute atomic E-state index is 0.0312. The Morgan fingerprint density at radius 2 is 1.91 bits per heavy atom. The highest BCUT2D eigenvalue weighted by atomic mass is 32.2. The summed E-state index contributed by atoms with van der Waals surface area (Å²) in [6.45, 7) is 8.56. The number of nitrogens with zero attached hydrogens (tertiary/aromatic N) is 5. The lowest BCUT2D eigenvalue weighted by Gasteiger charge is -2.11. The van der Waals surface area contributed by atoms with Gasteiger partial charge in [-0.15, -0.1) is 16.8 Å². The van der Waals surface area contributed by atoms with Crippen LogP contribution < -0.4 is 9.47 Å². The van der Waals surface area contributed by atoms with Crippen molar-refractivity contribution in [2.45, 2.75) is 25.5 Å². The van der Waals surface area contributed by atoms with E-state index in [-0.39, 0.29) is 18.3 Å². The minimum atomic E-state index is 0.0312. The van der Waals surface area contributed by atoms with E-state index in [1.165, 1.54) is 11.8 Å². The van der Waals surface area contributed by atoms with Crippen molar-refractivity contribution >= 4 is 17.5 Å². The Morgan fingerprint density at radius 1 is 1.12 bits per heavy atom. The predicted octanol–water partition coefficient (Wildman–Crippen LogP) is 4.64. The van der Waals surface area contributed by atoms with Gasteiger partial charge in [-0.3, -0.25) is 14.3 Å². The molecule has 4 aromatic rings. The first-order valence-corrected chi connectivity index (χ1v) is 11.7. The Morgan fingerprint density at radius 3 is 2.71 bits per heavy atom. The molecular weight excluding hydrogens is 450 g/mol. The van der Waals surface area contributed by atoms with E-state index < -0.39 is 0 Å². The van der Waals surface area contributed by atoms with Crippen LogP contribution in [0.5, 0.6) is 11.5 Å². The molecule has 0 radical (unpaired) electrons. The molecule has 0 atom stereocenters. The SMILES string of the molecule is C=CCn1c(SCC(=O)c2cc(C)n(-c3ccc4c(c3)OCO4)c2C)nnc1-c1ccncc1. The molecular formula is C25H23N5O3S. The van der Waals surface area contributed by atoms with Crippen LogP contribution in [0.2, 0.25) is 0 Å². The quantitative estimate of drug-likeness (QED) is 0.209. The zero-order valence-electron chi connectivity index (χ0n) is 18.9. The van der Waals surface area contributed by atoms with E-state index in [1.54, 1.807) is 18.5 Å². The van der Waals surface area contributed by atoms with Gasteiger partial charge in [-0.05, 0) is 44.2 Å². The molecule has 0 amide bonds. The number of rotatable bonds is 8. The van der Waals surface area contributed by atoms with Crippen molar-refractivity contribution in [3.05, 3.63) is 78.4 Å². The number of aromatic nitrogens is 5. The van der Waals surface area contributed by atoms with Crippen LogP contribution in [-0.2, 0) is 6.54 Å². The maximum atomic E-state index is 13.2. The maximum absolute atomic E-state index is 13.2. The smallest absolute Gasteiger partial charge is 0.231 e. The highest BCUT2D eigenvalue weighted by Gasteiger charge is 2.21. The number of carbonyl (C=O) groups excluding carboxylic acids is 1. The number of thioether (sulfide) groups is 1. The molecule has 172 valence electrons. The standard InChI is InChI=1S/C25H23N5O3S/c1-4-11-29-24(18-7-9-26-10-8-18)27-28-25(29)34-14-21(31)20-12-16(2)30(17(20)3)19-5-6-22-23(13-19)33-15-32-22/h4-10,12-13H,1,11,14-15H2,2-3H3. The third-order valence-corrected chi connectivity index (χ3v) is 6.61. The first-order chi connectivity index (χ1) is 16.6. The van der Waals surface area contributed by atoms with Crippen molar-refractivity contribution in [2.75, 3.05) is 12.5 Å². The normalized spacial score (nSPS) is 12.2. The number of benzene rings is 1. The summed E-state index contributed by atoms with van der Waals surface area (Å²) in [6, 6.07) is 11.5. The number of hydrogen-bond donors (Lipinski definition) is 0. The van der Waals surface area contributed by atoms with E-state index >= 15 is 0 Å². The second-order valence-corrected chi connectivity index (χ2v) is 8.75. The highest BCUT2D eigenvalue weighted by molar-refractivity contribution is 7.99. The zero-order chi connectivity index (χ0) is 23.7. The number of pyridine rings is 1. The summed E-state index contributed by atoms with van der Waals surface area (Å²) < 4.78 is 14.9. The number of carbonyl (C=O) groups is 1. The zero-order valence-corrected chi connectivity index (χ0v) is 19.7. The number of ketones is 1. The van der Waals surface area contributed by atoms with E-state index in [0.717, 1.165) is 34.2 Å². The summed E-state index contributed by atoms with van der Waals surface area (Å²) in [5, 5.41) is 9.34. The van der Waals surface area contributed by atoms with Gasteiger partial charge in [0.15, 0.2) is 28.3 Å². The van der Waals surface area contributed by atoms with Crippen molar-refractivity contribution < 1.29 is 14.3 Å². The average molecular weight is 474 g/mol. The van der Waals surface area contributed by atoms with E-state index in [4.69, 9.17) is 9.47 Å². The van der Waals surface area contributed by atoms with Gasteiger partial charge in [-0.2, -0.15) is 0 Å². The molecule has 0 saturated carbocycles. The van der Waals surface area contributed by atoms with E-state index in [2.05, 4.69) is 26.3 Å². The predicted molar refractivity (Wildman–Crippen MR) is 130 cm³/mol. The third kappa shape index (κ3) is 3.99. The average Bonchev–Trinajstić information content (AvgIpc) is 3.55. The number of ether oxygens (including phenoxy) is 2. The van der Waals surface area contributed by atoms with E-state index in [9.17, 15) is 4.79 Å². The molecule has 0 spiro atoms. The van der Waals surface area contributed by atoms with Gasteiger partial charge in [0.25, 0.3) is 0 Å². The molecule has 0 aliphatic carbocycles. The fourth-order valence-electron chi connectivity index (χ4n) is 4.08. The summed E-state index contributed by atoms with van der Waals surface area (Å²) >= 11 is 1.37. The molecule has 0 N–H and O–H groups in total. The van der Waals surface area contributed by atoms with Gasteiger partial charge < -0.3 is 14.0 Å². The fraction of sp³-hybridized carbons (Fsp3) is 0.200. The number of aryl methyl sites for hydroxylation is 1. The van der Waals surface area contributed by atoms with E-state index in [0.29, 0.717) is 23.0 Å². The topological polar surface area (TPSA) is 84.1 Å². The molecule has 3 aromatic heterocycles. The molecule has 1 aliphatic heterocycles.